The van der Waals surface area contributed by atoms with Crippen LogP contribution < -0.4 is 11.1 Å². The van der Waals surface area contributed by atoms with Gasteiger partial charge in [0.25, 0.3) is 5.91 Å². The van der Waals surface area contributed by atoms with Gasteiger partial charge in [0.1, 0.15) is 5.00 Å². The van der Waals surface area contributed by atoms with Gasteiger partial charge in [0, 0.05) is 22.0 Å². The van der Waals surface area contributed by atoms with Crippen molar-refractivity contribution in [2.45, 2.75) is 44.8 Å². The normalized spacial score (nSPS) is 15.3. The maximum absolute atomic E-state index is 12.7. The number of carbonyl (C=O) groups excluding carboxylic acids is 2. The van der Waals surface area contributed by atoms with Crippen molar-refractivity contribution in [3.63, 3.8) is 0 Å². The smallest absolute Gasteiger partial charge is 0.251 e. The van der Waals surface area contributed by atoms with E-state index in [1.807, 2.05) is 11.5 Å². The summed E-state index contributed by atoms with van der Waals surface area (Å²) >= 11 is 15.1. The summed E-state index contributed by atoms with van der Waals surface area (Å²) in [5, 5.41) is 13.6. The number of hydrogen-bond donors (Lipinski definition) is 2. The SMILES string of the molecule is CCn1c(SCC(=O)Nc2sc3c(c2C(N)=O)CCC(C)C3)nnc1-c1ccc(Cl)cc1Cl. The highest BCUT2D eigenvalue weighted by Crippen LogP contribution is 2.39. The standard InChI is InChI=1S/C22H23Cl2N5O2S2/c1-3-29-20(13-7-5-12(23)9-15(13)24)27-28-22(29)32-10-17(30)26-21-18(19(25)31)14-6-4-11(2)8-16(14)33-21/h5,7,9,11H,3-4,6,8,10H2,1-2H3,(H2,25,31)(H,26,30). The van der Waals surface area contributed by atoms with Crippen LogP contribution in [0, 0.1) is 5.92 Å². The summed E-state index contributed by atoms with van der Waals surface area (Å²) in [5.74, 6) is 0.549. The van der Waals surface area contributed by atoms with Crippen LogP contribution in [-0.4, -0.2) is 32.3 Å². The van der Waals surface area contributed by atoms with E-state index in [-0.39, 0.29) is 11.7 Å². The van der Waals surface area contributed by atoms with Crippen LogP contribution >= 0.6 is 46.3 Å². The number of carbonyl (C=O) groups is 2. The minimum Gasteiger partial charge on any atom is -0.365 e. The molecule has 0 spiro atoms. The van der Waals surface area contributed by atoms with Crippen LogP contribution in [0.5, 0.6) is 0 Å². The van der Waals surface area contributed by atoms with E-state index in [9.17, 15) is 9.59 Å². The van der Waals surface area contributed by atoms with Gasteiger partial charge in [-0.3, -0.25) is 9.59 Å². The van der Waals surface area contributed by atoms with Crippen LogP contribution in [0.25, 0.3) is 11.4 Å². The Morgan fingerprint density at radius 3 is 2.82 bits per heavy atom. The number of primary amides is 1. The zero-order valence-electron chi connectivity index (χ0n) is 18.2. The van der Waals surface area contributed by atoms with Crippen molar-refractivity contribution in [2.24, 2.45) is 11.7 Å². The van der Waals surface area contributed by atoms with Crippen molar-refractivity contribution < 1.29 is 9.59 Å². The number of rotatable bonds is 7. The van der Waals surface area contributed by atoms with E-state index in [1.165, 1.54) is 23.1 Å². The van der Waals surface area contributed by atoms with Crippen molar-refractivity contribution in [2.75, 3.05) is 11.1 Å². The molecule has 0 bridgehead atoms. The third kappa shape index (κ3) is 5.06. The van der Waals surface area contributed by atoms with Crippen LogP contribution in [0.2, 0.25) is 10.0 Å². The number of thioether (sulfide) groups is 1. The van der Waals surface area contributed by atoms with Gasteiger partial charge in [0.2, 0.25) is 5.91 Å². The minimum atomic E-state index is -0.500. The highest BCUT2D eigenvalue weighted by atomic mass is 35.5. The number of aromatic nitrogens is 3. The number of nitrogens with one attached hydrogen (secondary N) is 1. The van der Waals surface area contributed by atoms with Crippen molar-refractivity contribution in [1.82, 2.24) is 14.8 Å². The average Bonchev–Trinajstić information content (AvgIpc) is 3.32. The number of amides is 2. The van der Waals surface area contributed by atoms with Gasteiger partial charge in [-0.15, -0.1) is 21.5 Å². The van der Waals surface area contributed by atoms with Crippen molar-refractivity contribution in [3.05, 3.63) is 44.2 Å². The molecule has 0 saturated heterocycles. The van der Waals surface area contributed by atoms with Gasteiger partial charge in [-0.1, -0.05) is 41.9 Å². The molecule has 2 heterocycles. The van der Waals surface area contributed by atoms with Gasteiger partial charge < -0.3 is 15.6 Å². The van der Waals surface area contributed by atoms with E-state index in [1.54, 1.807) is 18.2 Å². The third-order valence-corrected chi connectivity index (χ3v) is 8.23. The maximum Gasteiger partial charge on any atom is 0.251 e. The second kappa shape index (κ2) is 10.0. The van der Waals surface area contributed by atoms with Gasteiger partial charge >= 0.3 is 0 Å². The number of anilines is 1. The number of hydrogen-bond acceptors (Lipinski definition) is 6. The number of nitrogens with two attached hydrogens (primary N) is 1. The van der Waals surface area contributed by atoms with E-state index < -0.39 is 5.91 Å². The lowest BCUT2D eigenvalue weighted by Gasteiger charge is -2.18. The zero-order valence-corrected chi connectivity index (χ0v) is 21.3. The molecule has 2 amide bonds. The Morgan fingerprint density at radius 1 is 1.33 bits per heavy atom. The van der Waals surface area contributed by atoms with Crippen molar-refractivity contribution in [1.29, 1.82) is 0 Å². The Balaban J connectivity index is 1.49. The van der Waals surface area contributed by atoms with Gasteiger partial charge in [0.05, 0.1) is 16.3 Å². The molecule has 1 aliphatic rings. The first kappa shape index (κ1) is 24.1. The first-order valence-corrected chi connectivity index (χ1v) is 13.1. The molecule has 174 valence electrons. The zero-order chi connectivity index (χ0) is 23.7. The summed E-state index contributed by atoms with van der Waals surface area (Å²) < 4.78 is 1.90. The molecule has 1 unspecified atom stereocenters. The molecular formula is C22H23Cl2N5O2S2. The summed E-state index contributed by atoms with van der Waals surface area (Å²) in [7, 11) is 0. The highest BCUT2D eigenvalue weighted by molar-refractivity contribution is 7.99. The molecule has 0 aliphatic heterocycles. The second-order valence-electron chi connectivity index (χ2n) is 7.93. The number of halogens is 2. The molecule has 0 saturated carbocycles. The second-order valence-corrected chi connectivity index (χ2v) is 10.8. The lowest BCUT2D eigenvalue weighted by atomic mass is 9.88. The summed E-state index contributed by atoms with van der Waals surface area (Å²) in [6, 6.07) is 5.20. The quantitative estimate of drug-likeness (QED) is 0.409. The van der Waals surface area contributed by atoms with Crippen LogP contribution in [-0.2, 0) is 24.2 Å². The predicted octanol–water partition coefficient (Wildman–Crippen LogP) is 5.29. The molecule has 3 aromatic rings. The molecular weight excluding hydrogens is 501 g/mol. The lowest BCUT2D eigenvalue weighted by molar-refractivity contribution is -0.113. The minimum absolute atomic E-state index is 0.115. The molecule has 1 atom stereocenters. The monoisotopic (exact) mass is 523 g/mol. The van der Waals surface area contributed by atoms with Crippen molar-refractivity contribution >= 4 is 63.1 Å². The van der Waals surface area contributed by atoms with E-state index in [4.69, 9.17) is 28.9 Å². The van der Waals surface area contributed by atoms with Crippen LogP contribution in [0.3, 0.4) is 0 Å². The average molecular weight is 524 g/mol. The van der Waals surface area contributed by atoms with Crippen molar-refractivity contribution in [3.8, 4) is 11.4 Å². The van der Waals surface area contributed by atoms with Gasteiger partial charge in [-0.25, -0.2) is 0 Å². The third-order valence-electron chi connectivity index (χ3n) is 5.55. The predicted molar refractivity (Wildman–Crippen MR) is 135 cm³/mol. The first-order chi connectivity index (χ1) is 15.8. The summed E-state index contributed by atoms with van der Waals surface area (Å²) in [4.78, 5) is 26.0. The molecule has 2 aromatic heterocycles. The Labute approximate surface area is 210 Å². The van der Waals surface area contributed by atoms with E-state index >= 15 is 0 Å². The fraction of sp³-hybridized carbons (Fsp3) is 0.364. The fourth-order valence-electron chi connectivity index (χ4n) is 3.94. The molecule has 7 nitrogen and oxygen atoms in total. The molecule has 11 heteroatoms. The Kier molecular flexibility index (Phi) is 7.33. The topological polar surface area (TPSA) is 103 Å². The van der Waals surface area contributed by atoms with E-state index in [0.29, 0.717) is 44.1 Å². The Morgan fingerprint density at radius 2 is 2.12 bits per heavy atom. The summed E-state index contributed by atoms with van der Waals surface area (Å²) in [5.41, 5.74) is 7.81. The Hall–Kier alpha value is -2.07. The molecule has 0 fully saturated rings. The number of fused-ring (bicyclic) bond motifs is 1. The molecule has 0 radical (unpaired) electrons. The lowest BCUT2D eigenvalue weighted by Crippen LogP contribution is -2.20. The van der Waals surface area contributed by atoms with E-state index in [2.05, 4.69) is 22.4 Å². The number of nitrogens with zero attached hydrogens (tertiary/aromatic N) is 3. The van der Waals surface area contributed by atoms with Crippen LogP contribution in [0.4, 0.5) is 5.00 Å². The van der Waals surface area contributed by atoms with E-state index in [0.717, 1.165) is 35.3 Å². The summed E-state index contributed by atoms with van der Waals surface area (Å²) in [6.45, 7) is 4.76. The van der Waals surface area contributed by atoms with Gasteiger partial charge in [-0.2, -0.15) is 0 Å². The molecule has 1 aliphatic carbocycles. The van der Waals surface area contributed by atoms with Crippen LogP contribution in [0.1, 0.15) is 41.1 Å². The molecule has 4 rings (SSSR count). The number of benzene rings is 1. The largest absolute Gasteiger partial charge is 0.365 e. The number of thiophene rings is 1. The Bertz CT molecular complexity index is 1220. The first-order valence-electron chi connectivity index (χ1n) is 10.5. The van der Waals surface area contributed by atoms with Crippen LogP contribution in [0.15, 0.2) is 23.4 Å². The molecule has 1 aromatic carbocycles. The fourth-order valence-corrected chi connectivity index (χ4v) is 6.67. The molecule has 3 N–H and O–H groups in total. The molecule has 33 heavy (non-hydrogen) atoms. The van der Waals surface area contributed by atoms with Gasteiger partial charge in [-0.05, 0) is 55.9 Å². The maximum atomic E-state index is 12.7. The highest BCUT2D eigenvalue weighted by Gasteiger charge is 2.27. The van der Waals surface area contributed by atoms with Gasteiger partial charge in [0.15, 0.2) is 11.0 Å². The summed E-state index contributed by atoms with van der Waals surface area (Å²) in [6.07, 6.45) is 2.73.